The molecule has 0 radical (unpaired) electrons. The van der Waals surface area contributed by atoms with E-state index in [0.717, 1.165) is 26.2 Å². The Morgan fingerprint density at radius 2 is 0.867 bits per heavy atom. The predicted molar refractivity (Wildman–Crippen MR) is 110 cm³/mol. The van der Waals surface area contributed by atoms with Crippen LogP contribution < -0.4 is 75.1 Å². The van der Waals surface area contributed by atoms with Crippen molar-refractivity contribution in [3.63, 3.8) is 0 Å². The van der Waals surface area contributed by atoms with Crippen molar-refractivity contribution < 1.29 is 83.7 Å². The molecular formula is C22H43NNa2O5. The van der Waals surface area contributed by atoms with Gasteiger partial charge in [-0.15, -0.1) is 0 Å². The van der Waals surface area contributed by atoms with Crippen LogP contribution in [0.1, 0.15) is 118 Å². The number of hydrogen-bond donors (Lipinski definition) is 1. The number of aliphatic carboxylic acids is 2. The van der Waals surface area contributed by atoms with E-state index in [4.69, 9.17) is 25.5 Å². The second kappa shape index (κ2) is 34.0. The molecule has 0 aliphatic heterocycles. The van der Waals surface area contributed by atoms with Crippen molar-refractivity contribution in [1.29, 1.82) is 0 Å². The van der Waals surface area contributed by atoms with Gasteiger partial charge in [0.25, 0.3) is 0 Å². The molecule has 0 aromatic heterocycles. The summed E-state index contributed by atoms with van der Waals surface area (Å²) in [6, 6.07) is 0. The van der Waals surface area contributed by atoms with Gasteiger partial charge in [0, 0.05) is 18.4 Å². The van der Waals surface area contributed by atoms with E-state index in [1.165, 1.54) is 77.0 Å². The average Bonchev–Trinajstić information content (AvgIpc) is 2.53. The van der Waals surface area contributed by atoms with Crippen LogP contribution in [-0.2, 0) is 14.4 Å². The third-order valence-corrected chi connectivity index (χ3v) is 3.95. The van der Waals surface area contributed by atoms with Gasteiger partial charge in [-0.2, -0.15) is 0 Å². The summed E-state index contributed by atoms with van der Waals surface area (Å²) in [7, 11) is 0. The van der Waals surface area contributed by atoms with Crippen molar-refractivity contribution in [2.24, 2.45) is 11.7 Å². The summed E-state index contributed by atoms with van der Waals surface area (Å²) in [5.74, 6) is -1.45. The second-order valence-corrected chi connectivity index (χ2v) is 7.62. The van der Waals surface area contributed by atoms with Crippen LogP contribution in [0.3, 0.4) is 0 Å². The first-order valence-corrected chi connectivity index (χ1v) is 10.7. The van der Waals surface area contributed by atoms with Gasteiger partial charge in [0.2, 0.25) is 5.91 Å². The standard InChI is InChI=1S/C18H37NO.2C2H4O2.2Na/c1-17(2)15-13-11-9-7-5-3-4-6-8-10-12-14-16-18(19)20;2*1-2(3)4;;/h17H,3-16H2,1-2H3,(H2,19,20);2*1H3,(H,3,4);;/q;;;2*+1/p-2. The van der Waals surface area contributed by atoms with E-state index in [9.17, 15) is 4.79 Å². The van der Waals surface area contributed by atoms with E-state index in [1.807, 2.05) is 0 Å². The third-order valence-electron chi connectivity index (χ3n) is 3.95. The summed E-state index contributed by atoms with van der Waals surface area (Å²) in [6.07, 6.45) is 18.0. The number of carbonyl (C=O) groups excluding carboxylic acids is 3. The van der Waals surface area contributed by atoms with Crippen LogP contribution in [0.4, 0.5) is 0 Å². The first kappa shape index (κ1) is 40.7. The van der Waals surface area contributed by atoms with Crippen molar-refractivity contribution in [3.8, 4) is 0 Å². The number of unbranched alkanes of at least 4 members (excludes halogenated alkanes) is 11. The first-order chi connectivity index (χ1) is 13.1. The summed E-state index contributed by atoms with van der Waals surface area (Å²) in [5, 5.41) is 17.8. The van der Waals surface area contributed by atoms with Crippen LogP contribution in [0.15, 0.2) is 0 Å². The van der Waals surface area contributed by atoms with Crippen LogP contribution in [-0.4, -0.2) is 17.8 Å². The zero-order chi connectivity index (χ0) is 22.2. The molecule has 2 N–H and O–H groups in total. The van der Waals surface area contributed by atoms with E-state index in [0.29, 0.717) is 6.42 Å². The molecular weight excluding hydrogens is 404 g/mol. The van der Waals surface area contributed by atoms with E-state index < -0.39 is 11.9 Å². The molecule has 0 unspecified atom stereocenters. The SMILES string of the molecule is CC(=O)[O-].CC(=O)[O-].CC(C)CCCCCCCCCCCCCCC(N)=O.[Na+].[Na+]. The number of carboxylic acids is 2. The maximum Gasteiger partial charge on any atom is 1.00 e. The molecule has 8 heteroatoms. The number of carbonyl (C=O) groups is 3. The molecule has 0 bridgehead atoms. The smallest absolute Gasteiger partial charge is 0.550 e. The van der Waals surface area contributed by atoms with Gasteiger partial charge in [0.15, 0.2) is 0 Å². The van der Waals surface area contributed by atoms with Gasteiger partial charge >= 0.3 is 59.1 Å². The van der Waals surface area contributed by atoms with Crippen LogP contribution in [0, 0.1) is 5.92 Å². The molecule has 0 rings (SSSR count). The van der Waals surface area contributed by atoms with Gasteiger partial charge < -0.3 is 25.5 Å². The molecule has 168 valence electrons. The van der Waals surface area contributed by atoms with Crippen molar-refractivity contribution in [2.45, 2.75) is 118 Å². The van der Waals surface area contributed by atoms with E-state index in [2.05, 4.69) is 13.8 Å². The van der Waals surface area contributed by atoms with Gasteiger partial charge in [-0.1, -0.05) is 90.9 Å². The maximum absolute atomic E-state index is 10.6. The molecule has 0 saturated heterocycles. The molecule has 0 fully saturated rings. The summed E-state index contributed by atoms with van der Waals surface area (Å²) in [4.78, 5) is 28.3. The molecule has 0 aromatic rings. The quantitative estimate of drug-likeness (QED) is 0.213. The molecule has 0 aliphatic carbocycles. The van der Waals surface area contributed by atoms with Crippen molar-refractivity contribution in [3.05, 3.63) is 0 Å². The van der Waals surface area contributed by atoms with Crippen LogP contribution in [0.5, 0.6) is 0 Å². The van der Waals surface area contributed by atoms with Gasteiger partial charge in [0.1, 0.15) is 0 Å². The third kappa shape index (κ3) is 70.4. The minimum absolute atomic E-state index is 0. The zero-order valence-electron chi connectivity index (χ0n) is 20.6. The summed E-state index contributed by atoms with van der Waals surface area (Å²) in [6.45, 7) is 6.57. The monoisotopic (exact) mass is 447 g/mol. The Morgan fingerprint density at radius 3 is 1.10 bits per heavy atom. The molecule has 0 saturated carbocycles. The fraction of sp³-hybridized carbons (Fsp3) is 0.864. The molecule has 30 heavy (non-hydrogen) atoms. The van der Waals surface area contributed by atoms with Crippen LogP contribution in [0.25, 0.3) is 0 Å². The van der Waals surface area contributed by atoms with Gasteiger partial charge in [0.05, 0.1) is 0 Å². The van der Waals surface area contributed by atoms with Crippen molar-refractivity contribution in [2.75, 3.05) is 0 Å². The molecule has 6 nitrogen and oxygen atoms in total. The van der Waals surface area contributed by atoms with Crippen molar-refractivity contribution in [1.82, 2.24) is 0 Å². The van der Waals surface area contributed by atoms with Gasteiger partial charge in [-0.3, -0.25) is 4.79 Å². The number of hydrogen-bond acceptors (Lipinski definition) is 5. The maximum atomic E-state index is 10.6. The van der Waals surface area contributed by atoms with Crippen LogP contribution in [0.2, 0.25) is 0 Å². The average molecular weight is 448 g/mol. The predicted octanol–water partition coefficient (Wildman–Crippen LogP) is -2.89. The minimum atomic E-state index is -1.08. The Balaban J connectivity index is -0.000000178. The normalized spacial score (nSPS) is 9.10. The molecule has 0 aliphatic rings. The Labute approximate surface area is 229 Å². The first-order valence-electron chi connectivity index (χ1n) is 10.7. The van der Waals surface area contributed by atoms with Crippen LogP contribution >= 0.6 is 0 Å². The molecule has 0 atom stereocenters. The fourth-order valence-corrected chi connectivity index (χ4v) is 2.62. The second-order valence-electron chi connectivity index (χ2n) is 7.62. The van der Waals surface area contributed by atoms with E-state index in [-0.39, 0.29) is 65.0 Å². The van der Waals surface area contributed by atoms with Gasteiger partial charge in [-0.25, -0.2) is 0 Å². The summed E-state index contributed by atoms with van der Waals surface area (Å²) >= 11 is 0. The Hall–Kier alpha value is 0.410. The minimum Gasteiger partial charge on any atom is -0.550 e. The molecule has 0 spiro atoms. The topological polar surface area (TPSA) is 123 Å². The largest absolute Gasteiger partial charge is 1.00 e. The zero-order valence-corrected chi connectivity index (χ0v) is 24.6. The van der Waals surface area contributed by atoms with E-state index >= 15 is 0 Å². The summed E-state index contributed by atoms with van der Waals surface area (Å²) in [5.41, 5.74) is 5.11. The van der Waals surface area contributed by atoms with Crippen molar-refractivity contribution >= 4 is 17.8 Å². The summed E-state index contributed by atoms with van der Waals surface area (Å²) < 4.78 is 0. The van der Waals surface area contributed by atoms with E-state index in [1.54, 1.807) is 0 Å². The number of rotatable bonds is 15. The fourth-order valence-electron chi connectivity index (χ4n) is 2.62. The number of carboxylic acid groups (broad SMARTS) is 2. The number of amides is 1. The number of primary amides is 1. The van der Waals surface area contributed by atoms with Gasteiger partial charge in [-0.05, 0) is 26.2 Å². The molecule has 0 aromatic carbocycles. The Morgan fingerprint density at radius 1 is 0.633 bits per heavy atom. The Kier molecular flexibility index (Phi) is 46.2. The molecule has 1 amide bonds. The Bertz CT molecular complexity index is 361. The number of nitrogens with two attached hydrogens (primary N) is 1. The molecule has 0 heterocycles.